The van der Waals surface area contributed by atoms with Crippen LogP contribution in [0.3, 0.4) is 0 Å². The molecular formula is C18H34N2O3. The molecule has 0 aromatic carbocycles. The van der Waals surface area contributed by atoms with E-state index in [1.54, 1.807) is 0 Å². The van der Waals surface area contributed by atoms with E-state index < -0.39 is 5.60 Å². The van der Waals surface area contributed by atoms with Crippen LogP contribution in [0.2, 0.25) is 0 Å². The number of piperidine rings is 1. The van der Waals surface area contributed by atoms with Crippen molar-refractivity contribution < 1.29 is 14.6 Å². The number of hydrogen-bond donors (Lipinski definition) is 1. The average molecular weight is 326 g/mol. The van der Waals surface area contributed by atoms with Crippen LogP contribution in [-0.4, -0.2) is 63.9 Å². The van der Waals surface area contributed by atoms with Crippen molar-refractivity contribution >= 4 is 6.09 Å². The second kappa shape index (κ2) is 7.39. The number of likely N-dealkylation sites (tertiary alicyclic amines) is 1. The maximum absolute atomic E-state index is 12.2. The highest BCUT2D eigenvalue weighted by molar-refractivity contribution is 5.68. The SMILES string of the molecule is CC(C)N(C1CCN(C(=O)OC(C)(C)C)CC1)[C@@H]1CCC[C@H]1O. The van der Waals surface area contributed by atoms with Crippen molar-refractivity contribution in [2.75, 3.05) is 13.1 Å². The van der Waals surface area contributed by atoms with Gasteiger partial charge in [0.15, 0.2) is 0 Å². The Morgan fingerprint density at radius 3 is 2.22 bits per heavy atom. The van der Waals surface area contributed by atoms with Crippen LogP contribution >= 0.6 is 0 Å². The summed E-state index contributed by atoms with van der Waals surface area (Å²) in [4.78, 5) is 16.5. The molecule has 0 spiro atoms. The fourth-order valence-electron chi connectivity index (χ4n) is 4.02. The van der Waals surface area contributed by atoms with Crippen LogP contribution in [0.25, 0.3) is 0 Å². The fraction of sp³-hybridized carbons (Fsp3) is 0.944. The van der Waals surface area contributed by atoms with Crippen LogP contribution in [0, 0.1) is 0 Å². The zero-order chi connectivity index (χ0) is 17.2. The molecule has 1 saturated heterocycles. The van der Waals surface area contributed by atoms with E-state index in [1.807, 2.05) is 25.7 Å². The van der Waals surface area contributed by atoms with E-state index in [1.165, 1.54) is 0 Å². The molecule has 23 heavy (non-hydrogen) atoms. The number of aliphatic hydroxyl groups is 1. The van der Waals surface area contributed by atoms with E-state index in [0.29, 0.717) is 12.1 Å². The van der Waals surface area contributed by atoms with Crippen molar-refractivity contribution in [2.45, 2.75) is 96.6 Å². The highest BCUT2D eigenvalue weighted by Gasteiger charge is 2.38. The Bertz CT molecular complexity index is 398. The predicted molar refractivity (Wildman–Crippen MR) is 91.4 cm³/mol. The van der Waals surface area contributed by atoms with Crippen LogP contribution in [0.1, 0.15) is 66.7 Å². The number of amides is 1. The Hall–Kier alpha value is -0.810. The molecule has 0 radical (unpaired) electrons. The Balaban J connectivity index is 1.92. The molecule has 5 heteroatoms. The molecule has 2 atom stereocenters. The van der Waals surface area contributed by atoms with Gasteiger partial charge in [-0.25, -0.2) is 4.79 Å². The number of carbonyl (C=O) groups is 1. The summed E-state index contributed by atoms with van der Waals surface area (Å²) in [6.45, 7) is 11.6. The molecule has 2 fully saturated rings. The molecule has 1 amide bonds. The number of carbonyl (C=O) groups excluding carboxylic acids is 1. The van der Waals surface area contributed by atoms with E-state index in [4.69, 9.17) is 4.74 Å². The van der Waals surface area contributed by atoms with Crippen LogP contribution < -0.4 is 0 Å². The summed E-state index contributed by atoms with van der Waals surface area (Å²) < 4.78 is 5.47. The van der Waals surface area contributed by atoms with Crippen molar-refractivity contribution in [3.05, 3.63) is 0 Å². The molecule has 1 aliphatic carbocycles. The van der Waals surface area contributed by atoms with Crippen molar-refractivity contribution in [1.82, 2.24) is 9.80 Å². The highest BCUT2D eigenvalue weighted by atomic mass is 16.6. The van der Waals surface area contributed by atoms with E-state index in [0.717, 1.165) is 45.2 Å². The molecule has 134 valence electrons. The summed E-state index contributed by atoms with van der Waals surface area (Å²) >= 11 is 0. The average Bonchev–Trinajstić information content (AvgIpc) is 2.84. The van der Waals surface area contributed by atoms with Gasteiger partial charge in [-0.1, -0.05) is 0 Å². The lowest BCUT2D eigenvalue weighted by molar-refractivity contribution is -0.0116. The van der Waals surface area contributed by atoms with Gasteiger partial charge in [-0.3, -0.25) is 4.90 Å². The Morgan fingerprint density at radius 2 is 1.78 bits per heavy atom. The maximum atomic E-state index is 12.2. The van der Waals surface area contributed by atoms with Gasteiger partial charge in [-0.15, -0.1) is 0 Å². The van der Waals surface area contributed by atoms with Crippen LogP contribution in [0.5, 0.6) is 0 Å². The largest absolute Gasteiger partial charge is 0.444 e. The van der Waals surface area contributed by atoms with E-state index in [-0.39, 0.29) is 18.2 Å². The van der Waals surface area contributed by atoms with Gasteiger partial charge in [0.2, 0.25) is 0 Å². The van der Waals surface area contributed by atoms with Gasteiger partial charge >= 0.3 is 6.09 Å². The summed E-state index contributed by atoms with van der Waals surface area (Å²) in [5.41, 5.74) is -0.439. The molecule has 0 bridgehead atoms. The third-order valence-electron chi connectivity index (χ3n) is 4.96. The normalized spacial score (nSPS) is 27.0. The Morgan fingerprint density at radius 1 is 1.17 bits per heavy atom. The molecule has 2 rings (SSSR count). The van der Waals surface area contributed by atoms with Gasteiger partial charge < -0.3 is 14.7 Å². The minimum absolute atomic E-state index is 0.193. The Kier molecular flexibility index (Phi) is 5.95. The third kappa shape index (κ3) is 4.83. The lowest BCUT2D eigenvalue weighted by atomic mass is 9.98. The molecule has 2 aliphatic rings. The lowest BCUT2D eigenvalue weighted by Gasteiger charge is -2.44. The molecule has 1 saturated carbocycles. The smallest absolute Gasteiger partial charge is 0.410 e. The molecular weight excluding hydrogens is 292 g/mol. The fourth-order valence-corrected chi connectivity index (χ4v) is 4.02. The van der Waals surface area contributed by atoms with Crippen molar-refractivity contribution in [3.63, 3.8) is 0 Å². The lowest BCUT2D eigenvalue weighted by Crippen LogP contribution is -2.54. The minimum Gasteiger partial charge on any atom is -0.444 e. The monoisotopic (exact) mass is 326 g/mol. The van der Waals surface area contributed by atoms with Crippen LogP contribution in [0.15, 0.2) is 0 Å². The molecule has 1 heterocycles. The summed E-state index contributed by atoms with van der Waals surface area (Å²) in [6.07, 6.45) is 4.65. The van der Waals surface area contributed by atoms with Gasteiger partial charge in [0.1, 0.15) is 5.60 Å². The first-order chi connectivity index (χ1) is 10.7. The summed E-state index contributed by atoms with van der Waals surface area (Å²) in [5.74, 6) is 0. The topological polar surface area (TPSA) is 53.0 Å². The zero-order valence-corrected chi connectivity index (χ0v) is 15.4. The molecule has 0 aromatic heterocycles. The van der Waals surface area contributed by atoms with E-state index in [2.05, 4.69) is 18.7 Å². The molecule has 0 unspecified atom stereocenters. The molecule has 1 aliphatic heterocycles. The van der Waals surface area contributed by atoms with Gasteiger partial charge in [-0.05, 0) is 66.7 Å². The van der Waals surface area contributed by atoms with Gasteiger partial charge in [0.25, 0.3) is 0 Å². The first kappa shape index (κ1) is 18.5. The summed E-state index contributed by atoms with van der Waals surface area (Å²) in [7, 11) is 0. The number of rotatable bonds is 3. The summed E-state index contributed by atoms with van der Waals surface area (Å²) in [5, 5.41) is 10.3. The van der Waals surface area contributed by atoms with E-state index >= 15 is 0 Å². The van der Waals surface area contributed by atoms with E-state index in [9.17, 15) is 9.90 Å². The maximum Gasteiger partial charge on any atom is 0.410 e. The number of ether oxygens (including phenoxy) is 1. The van der Waals surface area contributed by atoms with Gasteiger partial charge in [0, 0.05) is 31.2 Å². The van der Waals surface area contributed by atoms with Gasteiger partial charge in [0.05, 0.1) is 6.10 Å². The van der Waals surface area contributed by atoms with Crippen molar-refractivity contribution in [2.24, 2.45) is 0 Å². The Labute approximate surface area is 141 Å². The van der Waals surface area contributed by atoms with Crippen molar-refractivity contribution in [1.29, 1.82) is 0 Å². The quantitative estimate of drug-likeness (QED) is 0.866. The minimum atomic E-state index is -0.439. The predicted octanol–water partition coefficient (Wildman–Crippen LogP) is 3.01. The first-order valence-electron chi connectivity index (χ1n) is 9.12. The number of aliphatic hydroxyl groups excluding tert-OH is 1. The molecule has 0 aromatic rings. The summed E-state index contributed by atoms with van der Waals surface area (Å²) in [6, 6.07) is 1.16. The van der Waals surface area contributed by atoms with Crippen LogP contribution in [-0.2, 0) is 4.74 Å². The second-order valence-corrected chi connectivity index (χ2v) is 8.31. The first-order valence-corrected chi connectivity index (χ1v) is 9.12. The molecule has 5 nitrogen and oxygen atoms in total. The zero-order valence-electron chi connectivity index (χ0n) is 15.4. The van der Waals surface area contributed by atoms with Crippen LogP contribution in [0.4, 0.5) is 4.79 Å². The highest BCUT2D eigenvalue weighted by Crippen LogP contribution is 2.31. The second-order valence-electron chi connectivity index (χ2n) is 8.31. The molecule has 1 N–H and O–H groups in total. The third-order valence-corrected chi connectivity index (χ3v) is 4.96. The standard InChI is InChI=1S/C18H34N2O3/c1-13(2)20(15-7-6-8-16(15)21)14-9-11-19(12-10-14)17(22)23-18(3,4)5/h13-16,21H,6-12H2,1-5H3/t15-,16-/m1/s1. The number of hydrogen-bond acceptors (Lipinski definition) is 4. The van der Waals surface area contributed by atoms with Crippen molar-refractivity contribution in [3.8, 4) is 0 Å². The number of nitrogens with zero attached hydrogens (tertiary/aromatic N) is 2. The van der Waals surface area contributed by atoms with Gasteiger partial charge in [-0.2, -0.15) is 0 Å².